The Labute approximate surface area is 176 Å². The van der Waals surface area contributed by atoms with E-state index >= 15 is 0 Å². The number of anilines is 1. The normalized spacial score (nSPS) is 10.7. The zero-order valence-electron chi connectivity index (χ0n) is 15.3. The first-order chi connectivity index (χ1) is 14.0. The molecule has 29 heavy (non-hydrogen) atoms. The summed E-state index contributed by atoms with van der Waals surface area (Å²) in [5, 5.41) is 6.20. The third-order valence-electron chi connectivity index (χ3n) is 4.24. The molecular weight excluding hydrogens is 408 g/mol. The highest BCUT2D eigenvalue weighted by Crippen LogP contribution is 2.30. The molecule has 0 spiro atoms. The average molecular weight is 423 g/mol. The van der Waals surface area contributed by atoms with Crippen LogP contribution >= 0.6 is 23.8 Å². The number of fused-ring (bicyclic) bond motifs is 1. The second-order valence-electron chi connectivity index (χ2n) is 6.26. The van der Waals surface area contributed by atoms with Gasteiger partial charge in [0.05, 0.1) is 10.7 Å². The molecule has 0 aliphatic carbocycles. The molecule has 0 saturated carbocycles. The summed E-state index contributed by atoms with van der Waals surface area (Å²) in [6.07, 6.45) is 1.65. The Hall–Kier alpha value is -3.29. The summed E-state index contributed by atoms with van der Waals surface area (Å²) in [6, 6.07) is 16.1. The van der Waals surface area contributed by atoms with Gasteiger partial charge in [0.2, 0.25) is 5.89 Å². The highest BCUT2D eigenvalue weighted by atomic mass is 35.5. The molecule has 4 rings (SSSR count). The second-order valence-corrected chi connectivity index (χ2v) is 7.08. The monoisotopic (exact) mass is 422 g/mol. The molecule has 2 aromatic carbocycles. The van der Waals surface area contributed by atoms with Crippen LogP contribution in [-0.2, 0) is 0 Å². The SMILES string of the molecule is Cc1ccccc1C(=O)NC(=S)Nc1cc(-c2nc3ncccc3o2)ccc1Cl. The number of hydrogen-bond acceptors (Lipinski definition) is 5. The van der Waals surface area contributed by atoms with E-state index < -0.39 is 0 Å². The van der Waals surface area contributed by atoms with E-state index in [9.17, 15) is 4.79 Å². The topological polar surface area (TPSA) is 80.0 Å². The van der Waals surface area contributed by atoms with Crippen molar-refractivity contribution in [1.29, 1.82) is 0 Å². The van der Waals surface area contributed by atoms with Crippen LogP contribution in [0, 0.1) is 6.92 Å². The minimum absolute atomic E-state index is 0.136. The van der Waals surface area contributed by atoms with Gasteiger partial charge >= 0.3 is 0 Å². The number of carbonyl (C=O) groups is 1. The van der Waals surface area contributed by atoms with Crippen LogP contribution in [0.1, 0.15) is 15.9 Å². The number of aryl methyl sites for hydroxylation is 1. The van der Waals surface area contributed by atoms with Crippen molar-refractivity contribution in [1.82, 2.24) is 15.3 Å². The molecule has 0 aliphatic heterocycles. The predicted octanol–water partition coefficient (Wildman–Crippen LogP) is 4.98. The summed E-state index contributed by atoms with van der Waals surface area (Å²) in [6.45, 7) is 1.86. The summed E-state index contributed by atoms with van der Waals surface area (Å²) in [5.74, 6) is 0.117. The fraction of sp³-hybridized carbons (Fsp3) is 0.0476. The molecule has 2 aromatic heterocycles. The summed E-state index contributed by atoms with van der Waals surface area (Å²) < 4.78 is 5.74. The number of pyridine rings is 1. The van der Waals surface area contributed by atoms with Crippen molar-refractivity contribution < 1.29 is 9.21 Å². The zero-order chi connectivity index (χ0) is 20.4. The van der Waals surface area contributed by atoms with Gasteiger partial charge in [-0.05, 0) is 61.1 Å². The van der Waals surface area contributed by atoms with Crippen molar-refractivity contribution in [2.75, 3.05) is 5.32 Å². The Morgan fingerprint density at radius 2 is 1.97 bits per heavy atom. The number of rotatable bonds is 3. The Kier molecular flexibility index (Phi) is 5.24. The molecule has 0 atom stereocenters. The number of amides is 1. The van der Waals surface area contributed by atoms with Crippen LogP contribution in [0.2, 0.25) is 5.02 Å². The van der Waals surface area contributed by atoms with Gasteiger partial charge in [-0.2, -0.15) is 4.98 Å². The third kappa shape index (κ3) is 4.11. The highest BCUT2D eigenvalue weighted by Gasteiger charge is 2.14. The number of nitrogens with zero attached hydrogens (tertiary/aromatic N) is 2. The number of carbonyl (C=O) groups excluding carboxylic acids is 1. The molecule has 6 nitrogen and oxygen atoms in total. The molecule has 144 valence electrons. The van der Waals surface area contributed by atoms with Crippen LogP contribution in [0.4, 0.5) is 5.69 Å². The van der Waals surface area contributed by atoms with E-state index in [0.717, 1.165) is 5.56 Å². The summed E-state index contributed by atoms with van der Waals surface area (Å²) >= 11 is 11.6. The van der Waals surface area contributed by atoms with Crippen LogP contribution in [0.5, 0.6) is 0 Å². The summed E-state index contributed by atoms with van der Waals surface area (Å²) in [4.78, 5) is 21.0. The van der Waals surface area contributed by atoms with Crippen LogP contribution in [0.3, 0.4) is 0 Å². The molecule has 8 heteroatoms. The van der Waals surface area contributed by atoms with E-state index in [0.29, 0.717) is 39.0 Å². The molecule has 4 aromatic rings. The zero-order valence-corrected chi connectivity index (χ0v) is 16.8. The van der Waals surface area contributed by atoms with E-state index in [1.165, 1.54) is 0 Å². The van der Waals surface area contributed by atoms with E-state index in [4.69, 9.17) is 28.2 Å². The quantitative estimate of drug-likeness (QED) is 0.453. The van der Waals surface area contributed by atoms with Crippen molar-refractivity contribution in [3.63, 3.8) is 0 Å². The Morgan fingerprint density at radius 3 is 2.76 bits per heavy atom. The molecule has 0 bridgehead atoms. The number of benzene rings is 2. The number of thiocarbonyl (C=S) groups is 1. The number of aromatic nitrogens is 2. The molecule has 0 aliphatic rings. The molecule has 0 unspecified atom stereocenters. The first-order valence-electron chi connectivity index (χ1n) is 8.71. The highest BCUT2D eigenvalue weighted by molar-refractivity contribution is 7.80. The van der Waals surface area contributed by atoms with Gasteiger partial charge in [0.15, 0.2) is 16.3 Å². The summed E-state index contributed by atoms with van der Waals surface area (Å²) in [7, 11) is 0. The number of hydrogen-bond donors (Lipinski definition) is 2. The standard InChI is InChI=1S/C21H15ClN4O2S/c1-12-5-2-3-6-14(12)19(27)26-21(29)24-16-11-13(8-9-15(16)22)20-25-18-17(28-20)7-4-10-23-18/h2-11H,1H3,(H2,24,26,27,29). The lowest BCUT2D eigenvalue weighted by molar-refractivity contribution is 0.0977. The molecule has 0 radical (unpaired) electrons. The number of nitrogens with one attached hydrogen (secondary N) is 2. The van der Waals surface area contributed by atoms with Gasteiger partial charge in [0.25, 0.3) is 5.91 Å². The number of oxazole rings is 1. The largest absolute Gasteiger partial charge is 0.434 e. The lowest BCUT2D eigenvalue weighted by Crippen LogP contribution is -2.34. The van der Waals surface area contributed by atoms with Crippen molar-refractivity contribution in [3.05, 3.63) is 76.9 Å². The first kappa shape index (κ1) is 19.0. The molecule has 0 fully saturated rings. The molecule has 1 amide bonds. The van der Waals surface area contributed by atoms with Crippen LogP contribution in [0.25, 0.3) is 22.7 Å². The average Bonchev–Trinajstić information content (AvgIpc) is 3.14. The minimum Gasteiger partial charge on any atom is -0.434 e. The third-order valence-corrected chi connectivity index (χ3v) is 4.78. The van der Waals surface area contributed by atoms with E-state index in [1.54, 1.807) is 48.7 Å². The molecular formula is C21H15ClN4O2S. The van der Waals surface area contributed by atoms with Crippen LogP contribution in [-0.4, -0.2) is 21.0 Å². The predicted molar refractivity (Wildman–Crippen MR) is 117 cm³/mol. The van der Waals surface area contributed by atoms with Gasteiger partial charge in [-0.3, -0.25) is 10.1 Å². The van der Waals surface area contributed by atoms with Gasteiger partial charge < -0.3 is 9.73 Å². The molecule has 2 N–H and O–H groups in total. The Balaban J connectivity index is 1.54. The summed E-state index contributed by atoms with van der Waals surface area (Å²) in [5.41, 5.74) is 3.74. The maximum atomic E-state index is 12.4. The maximum Gasteiger partial charge on any atom is 0.257 e. The minimum atomic E-state index is -0.294. The van der Waals surface area contributed by atoms with Crippen LogP contribution < -0.4 is 10.6 Å². The first-order valence-corrected chi connectivity index (χ1v) is 9.49. The van der Waals surface area contributed by atoms with Crippen molar-refractivity contribution in [2.24, 2.45) is 0 Å². The van der Waals surface area contributed by atoms with Crippen molar-refractivity contribution in [3.8, 4) is 11.5 Å². The van der Waals surface area contributed by atoms with Gasteiger partial charge in [0, 0.05) is 17.3 Å². The lowest BCUT2D eigenvalue weighted by atomic mass is 10.1. The Bertz CT molecular complexity index is 1210. The van der Waals surface area contributed by atoms with Gasteiger partial charge in [0.1, 0.15) is 0 Å². The lowest BCUT2D eigenvalue weighted by Gasteiger charge is -2.12. The molecule has 0 saturated heterocycles. The Morgan fingerprint density at radius 1 is 1.14 bits per heavy atom. The van der Waals surface area contributed by atoms with Gasteiger partial charge in [-0.25, -0.2) is 4.98 Å². The maximum absolute atomic E-state index is 12.4. The van der Waals surface area contributed by atoms with Gasteiger partial charge in [-0.1, -0.05) is 29.8 Å². The fourth-order valence-corrected chi connectivity index (χ4v) is 3.17. The van der Waals surface area contributed by atoms with Gasteiger partial charge in [-0.15, -0.1) is 0 Å². The van der Waals surface area contributed by atoms with Crippen LogP contribution in [0.15, 0.2) is 65.2 Å². The smallest absolute Gasteiger partial charge is 0.257 e. The van der Waals surface area contributed by atoms with E-state index in [2.05, 4.69) is 20.6 Å². The van der Waals surface area contributed by atoms with E-state index in [-0.39, 0.29) is 11.0 Å². The van der Waals surface area contributed by atoms with Crippen molar-refractivity contribution in [2.45, 2.75) is 6.92 Å². The number of halogens is 1. The molecule has 2 heterocycles. The van der Waals surface area contributed by atoms with Crippen molar-refractivity contribution >= 4 is 51.8 Å². The fourth-order valence-electron chi connectivity index (χ4n) is 2.80. The van der Waals surface area contributed by atoms with E-state index in [1.807, 2.05) is 19.1 Å². The second kappa shape index (κ2) is 7.98.